The number of hydrogen-bond donors (Lipinski definition) is 2. The summed E-state index contributed by atoms with van der Waals surface area (Å²) >= 11 is 18.9. The van der Waals surface area contributed by atoms with Gasteiger partial charge in [-0.3, -0.25) is 24.0 Å². The van der Waals surface area contributed by atoms with E-state index in [4.69, 9.17) is 34.8 Å². The van der Waals surface area contributed by atoms with Crippen LogP contribution in [0.2, 0.25) is 5.02 Å². The third-order valence-electron chi connectivity index (χ3n) is 7.33. The number of rotatable bonds is 5. The molecule has 0 bridgehead atoms. The van der Waals surface area contributed by atoms with Crippen molar-refractivity contribution in [2.24, 2.45) is 0 Å². The maximum absolute atomic E-state index is 13.7. The highest BCUT2D eigenvalue weighted by atomic mass is 35.5. The van der Waals surface area contributed by atoms with Gasteiger partial charge in [0.15, 0.2) is 0 Å². The number of amides is 1. The van der Waals surface area contributed by atoms with Crippen molar-refractivity contribution < 1.29 is 9.18 Å². The molecule has 7 nitrogen and oxygen atoms in total. The number of nitrogens with one attached hydrogen (secondary N) is 2. The first-order valence-electron chi connectivity index (χ1n) is 12.2. The number of nitrogens with zero attached hydrogens (tertiary/aromatic N) is 2. The molecule has 2 heterocycles. The van der Waals surface area contributed by atoms with Crippen molar-refractivity contribution in [2.75, 3.05) is 13.1 Å². The first-order valence-corrected chi connectivity index (χ1v) is 13.4. The Morgan fingerprint density at radius 2 is 1.86 bits per heavy atom. The third-order valence-corrected chi connectivity index (χ3v) is 8.42. The van der Waals surface area contributed by atoms with Crippen LogP contribution in [-0.4, -0.2) is 49.9 Å². The normalized spacial score (nSPS) is 20.4. The molecule has 0 radical (unpaired) electrons. The Kier molecular flexibility index (Phi) is 7.38. The second kappa shape index (κ2) is 10.4. The summed E-state index contributed by atoms with van der Waals surface area (Å²) in [5.41, 5.74) is -0.0485. The molecule has 2 N–H and O–H groups in total. The maximum atomic E-state index is 13.7. The second-order valence-electron chi connectivity index (χ2n) is 9.86. The molecule has 1 atom stereocenters. The molecular weight excluding hydrogens is 542 g/mol. The number of carbonyl (C=O) groups is 1. The van der Waals surface area contributed by atoms with Crippen molar-refractivity contribution in [3.8, 4) is 0 Å². The van der Waals surface area contributed by atoms with Gasteiger partial charge in [-0.1, -0.05) is 17.7 Å². The van der Waals surface area contributed by atoms with Gasteiger partial charge in [0, 0.05) is 25.2 Å². The lowest BCUT2D eigenvalue weighted by Crippen LogP contribution is -2.42. The van der Waals surface area contributed by atoms with Gasteiger partial charge in [0.25, 0.3) is 11.5 Å². The molecule has 3 aromatic rings. The predicted octanol–water partition coefficient (Wildman–Crippen LogP) is 4.45. The molecule has 2 aromatic carbocycles. The van der Waals surface area contributed by atoms with Crippen LogP contribution in [0.25, 0.3) is 10.9 Å². The number of aromatic amines is 1. The molecule has 0 spiro atoms. The van der Waals surface area contributed by atoms with Crippen LogP contribution >= 0.6 is 34.8 Å². The molecule has 1 amide bonds. The largest absolute Gasteiger partial charge is 0.348 e. The van der Waals surface area contributed by atoms with Crippen molar-refractivity contribution in [3.63, 3.8) is 0 Å². The van der Waals surface area contributed by atoms with Gasteiger partial charge in [-0.15, -0.1) is 23.2 Å². The highest BCUT2D eigenvalue weighted by Gasteiger charge is 2.36. The number of alkyl halides is 2. The number of hydrogen-bond acceptors (Lipinski definition) is 4. The minimum absolute atomic E-state index is 0.00781. The summed E-state index contributed by atoms with van der Waals surface area (Å²) in [6.07, 6.45) is 4.24. The van der Waals surface area contributed by atoms with Gasteiger partial charge >= 0.3 is 5.69 Å². The van der Waals surface area contributed by atoms with E-state index in [0.29, 0.717) is 27.7 Å². The summed E-state index contributed by atoms with van der Waals surface area (Å²) in [6, 6.07) is 9.04. The van der Waals surface area contributed by atoms with Gasteiger partial charge in [-0.25, -0.2) is 9.18 Å². The number of fused-ring (bicyclic) bond motifs is 1. The van der Waals surface area contributed by atoms with E-state index in [0.717, 1.165) is 51.3 Å². The predicted molar refractivity (Wildman–Crippen MR) is 143 cm³/mol. The molecule has 37 heavy (non-hydrogen) atoms. The number of likely N-dealkylation sites (tertiary alicyclic amines) is 1. The molecule has 1 saturated heterocycles. The summed E-state index contributed by atoms with van der Waals surface area (Å²) in [7, 11) is 0. The lowest BCUT2D eigenvalue weighted by molar-refractivity contribution is 0.0934. The first-order chi connectivity index (χ1) is 17.6. The van der Waals surface area contributed by atoms with E-state index in [1.54, 1.807) is 18.2 Å². The van der Waals surface area contributed by atoms with Gasteiger partial charge in [0.05, 0.1) is 28.0 Å². The quantitative estimate of drug-likeness (QED) is 0.446. The molecule has 1 unspecified atom stereocenters. The fourth-order valence-electron chi connectivity index (χ4n) is 5.34. The van der Waals surface area contributed by atoms with Crippen molar-refractivity contribution in [1.29, 1.82) is 0 Å². The Morgan fingerprint density at radius 3 is 2.62 bits per heavy atom. The highest BCUT2D eigenvalue weighted by Crippen LogP contribution is 2.39. The summed E-state index contributed by atoms with van der Waals surface area (Å²) in [5, 5.41) is 3.46. The molecule has 1 aliphatic carbocycles. The Morgan fingerprint density at radius 1 is 1.11 bits per heavy atom. The number of carbonyl (C=O) groups excluding carboxylic acids is 1. The first kappa shape index (κ1) is 26.2. The Hall–Kier alpha value is -2.39. The average molecular weight is 568 g/mol. The minimum Gasteiger partial charge on any atom is -0.348 e. The van der Waals surface area contributed by atoms with E-state index >= 15 is 0 Å². The third kappa shape index (κ3) is 5.72. The zero-order valence-electron chi connectivity index (χ0n) is 19.9. The molecular formula is C26H26Cl3FN4O3. The van der Waals surface area contributed by atoms with E-state index in [1.807, 2.05) is 0 Å². The lowest BCUT2D eigenvalue weighted by Gasteiger charge is -2.36. The Balaban J connectivity index is 1.30. The number of H-pyrrole nitrogens is 1. The van der Waals surface area contributed by atoms with Crippen LogP contribution in [0, 0.1) is 5.82 Å². The van der Waals surface area contributed by atoms with E-state index in [-0.39, 0.29) is 23.9 Å². The van der Waals surface area contributed by atoms with E-state index < -0.39 is 21.4 Å². The molecule has 2 aliphatic rings. The van der Waals surface area contributed by atoms with E-state index in [1.165, 1.54) is 16.7 Å². The summed E-state index contributed by atoms with van der Waals surface area (Å²) in [6.45, 7) is 1.71. The molecule has 196 valence electrons. The lowest BCUT2D eigenvalue weighted by atomic mass is 9.93. The fourth-order valence-corrected chi connectivity index (χ4v) is 5.98. The summed E-state index contributed by atoms with van der Waals surface area (Å²) < 4.78 is 14.4. The zero-order chi connectivity index (χ0) is 26.3. The molecule has 1 aliphatic heterocycles. The number of aromatic nitrogens is 2. The molecule has 1 saturated carbocycles. The SMILES string of the molecule is O=C(NC1CCN(C2CCC(Cl)(Cl)CC2)C1)c1cc(Cn2c(=O)[nH]c(=O)c3cc(F)ccc32)ccc1Cl. The Bertz CT molecular complexity index is 1460. The van der Waals surface area contributed by atoms with Crippen LogP contribution in [0.4, 0.5) is 4.39 Å². The van der Waals surface area contributed by atoms with Gasteiger partial charge in [0.2, 0.25) is 0 Å². The second-order valence-corrected chi connectivity index (χ2v) is 11.9. The average Bonchev–Trinajstić information content (AvgIpc) is 3.31. The van der Waals surface area contributed by atoms with Crippen LogP contribution in [-0.2, 0) is 6.54 Å². The smallest absolute Gasteiger partial charge is 0.329 e. The topological polar surface area (TPSA) is 87.2 Å². The van der Waals surface area contributed by atoms with Crippen molar-refractivity contribution in [1.82, 2.24) is 19.8 Å². The minimum atomic E-state index is -0.657. The van der Waals surface area contributed by atoms with Crippen LogP contribution < -0.4 is 16.6 Å². The van der Waals surface area contributed by atoms with Crippen LogP contribution in [0.3, 0.4) is 0 Å². The van der Waals surface area contributed by atoms with E-state index in [9.17, 15) is 18.8 Å². The van der Waals surface area contributed by atoms with Crippen molar-refractivity contribution in [3.05, 3.63) is 79.2 Å². The van der Waals surface area contributed by atoms with Gasteiger partial charge < -0.3 is 5.32 Å². The summed E-state index contributed by atoms with van der Waals surface area (Å²) in [4.78, 5) is 42.4. The number of halogens is 4. The van der Waals surface area contributed by atoms with Crippen molar-refractivity contribution in [2.45, 2.75) is 55.1 Å². The van der Waals surface area contributed by atoms with Crippen LogP contribution in [0.1, 0.15) is 48.0 Å². The van der Waals surface area contributed by atoms with Gasteiger partial charge in [-0.05, 0) is 68.0 Å². The summed E-state index contributed by atoms with van der Waals surface area (Å²) in [5.74, 6) is -0.863. The van der Waals surface area contributed by atoms with E-state index in [2.05, 4.69) is 15.2 Å². The van der Waals surface area contributed by atoms with Crippen molar-refractivity contribution >= 4 is 51.6 Å². The van der Waals surface area contributed by atoms with Gasteiger partial charge in [-0.2, -0.15) is 0 Å². The number of benzene rings is 2. The van der Waals surface area contributed by atoms with Gasteiger partial charge in [0.1, 0.15) is 10.2 Å². The molecule has 2 fully saturated rings. The fraction of sp³-hybridized carbons (Fsp3) is 0.423. The Labute approximate surface area is 227 Å². The maximum Gasteiger partial charge on any atom is 0.329 e. The zero-order valence-corrected chi connectivity index (χ0v) is 22.2. The van der Waals surface area contributed by atoms with Crippen LogP contribution in [0.5, 0.6) is 0 Å². The molecule has 5 rings (SSSR count). The molecule has 1 aromatic heterocycles. The monoisotopic (exact) mass is 566 g/mol. The molecule has 11 heteroatoms. The highest BCUT2D eigenvalue weighted by molar-refractivity contribution is 6.48. The standard InChI is InChI=1S/C26H26Cl3FN4O3/c27-21-3-1-15(13-34-22-4-2-16(30)12-20(22)24(36)32-25(34)37)11-19(21)23(35)31-17-7-10-33(14-17)18-5-8-26(28,29)9-6-18/h1-4,11-12,17-18H,5-10,13-14H2,(H,31,35)(H,32,36,37). The van der Waals surface area contributed by atoms with Crippen LogP contribution in [0.15, 0.2) is 46.0 Å².